The first-order chi connectivity index (χ1) is 13.5. The highest BCUT2D eigenvalue weighted by Crippen LogP contribution is 2.32. The highest BCUT2D eigenvalue weighted by atomic mass is 14.1. The highest BCUT2D eigenvalue weighted by molar-refractivity contribution is 6.08. The highest BCUT2D eigenvalue weighted by Gasteiger charge is 2.06. The molecule has 0 aliphatic heterocycles. The minimum Gasteiger partial charge on any atom is -0.0587 e. The van der Waals surface area contributed by atoms with Gasteiger partial charge in [0.1, 0.15) is 0 Å². The molecule has 0 unspecified atom stereocenters. The lowest BCUT2D eigenvalue weighted by atomic mass is 9.94. The third kappa shape index (κ3) is 2.85. The van der Waals surface area contributed by atoms with Gasteiger partial charge in [-0.15, -0.1) is 0 Å². The molecule has 0 aromatic heterocycles. The summed E-state index contributed by atoms with van der Waals surface area (Å²) in [6.45, 7) is 9.02. The van der Waals surface area contributed by atoms with Crippen LogP contribution in [0.15, 0.2) is 72.8 Å². The number of benzene rings is 5. The zero-order valence-corrected chi connectivity index (χ0v) is 17.1. The predicted molar refractivity (Wildman–Crippen MR) is 125 cm³/mol. The monoisotopic (exact) mass is 362 g/mol. The maximum atomic E-state index is 2.35. The Morgan fingerprint density at radius 3 is 0.964 bits per heavy atom. The first-order valence-electron chi connectivity index (χ1n) is 10.3. The first-order valence-corrected chi connectivity index (χ1v) is 10.3. The molecule has 0 saturated carbocycles. The van der Waals surface area contributed by atoms with Crippen LogP contribution in [0.1, 0.15) is 50.7 Å². The van der Waals surface area contributed by atoms with Crippen LogP contribution in [-0.2, 0) is 0 Å². The Hall–Kier alpha value is -2.86. The Labute approximate surface area is 166 Å². The molecule has 0 saturated heterocycles. The summed E-state index contributed by atoms with van der Waals surface area (Å²) in [6, 6.07) is 27.8. The molecular weight excluding hydrogens is 336 g/mol. The summed E-state index contributed by atoms with van der Waals surface area (Å²) in [7, 11) is 0. The summed E-state index contributed by atoms with van der Waals surface area (Å²) in [5, 5.41) is 10.6. The average Bonchev–Trinajstić information content (AvgIpc) is 2.68. The van der Waals surface area contributed by atoms with Gasteiger partial charge in [0.05, 0.1) is 0 Å². The third-order valence-electron chi connectivity index (χ3n) is 6.09. The summed E-state index contributed by atoms with van der Waals surface area (Å²) in [6.07, 6.45) is 0. The third-order valence-corrected chi connectivity index (χ3v) is 6.09. The predicted octanol–water partition coefficient (Wildman–Crippen LogP) is 8.55. The Bertz CT molecular complexity index is 1250. The van der Waals surface area contributed by atoms with Gasteiger partial charge in [-0.05, 0) is 102 Å². The second-order valence-electron chi connectivity index (χ2n) is 8.77. The number of hydrogen-bond donors (Lipinski definition) is 0. The van der Waals surface area contributed by atoms with E-state index >= 15 is 0 Å². The van der Waals surface area contributed by atoms with E-state index in [2.05, 4.69) is 100 Å². The quantitative estimate of drug-likeness (QED) is 0.276. The van der Waals surface area contributed by atoms with E-state index in [1.165, 1.54) is 54.2 Å². The molecule has 0 bridgehead atoms. The summed E-state index contributed by atoms with van der Waals surface area (Å²) in [5.41, 5.74) is 2.80. The molecule has 0 spiro atoms. The lowest BCUT2D eigenvalue weighted by Crippen LogP contribution is -1.88. The lowest BCUT2D eigenvalue weighted by molar-refractivity contribution is 0.869. The van der Waals surface area contributed by atoms with Gasteiger partial charge in [-0.2, -0.15) is 0 Å². The molecule has 0 aliphatic carbocycles. The maximum absolute atomic E-state index is 2.35. The van der Waals surface area contributed by atoms with Gasteiger partial charge in [0.15, 0.2) is 0 Å². The second-order valence-corrected chi connectivity index (χ2v) is 8.77. The van der Waals surface area contributed by atoms with Crippen LogP contribution < -0.4 is 0 Å². The van der Waals surface area contributed by atoms with E-state index in [9.17, 15) is 0 Å². The van der Waals surface area contributed by atoms with Crippen molar-refractivity contribution in [1.82, 2.24) is 0 Å². The van der Waals surface area contributed by atoms with Gasteiger partial charge in [0.2, 0.25) is 0 Å². The fraction of sp³-hybridized carbons (Fsp3) is 0.214. The molecular formula is C28H26. The average molecular weight is 363 g/mol. The van der Waals surface area contributed by atoms with Crippen molar-refractivity contribution in [3.63, 3.8) is 0 Å². The smallest absolute Gasteiger partial charge is 0.0171 e. The summed E-state index contributed by atoms with van der Waals surface area (Å²) >= 11 is 0. The minimum atomic E-state index is 0.554. The van der Waals surface area contributed by atoms with Crippen molar-refractivity contribution in [2.45, 2.75) is 39.5 Å². The molecule has 0 atom stereocenters. The van der Waals surface area contributed by atoms with E-state index in [4.69, 9.17) is 0 Å². The molecule has 0 heterocycles. The second kappa shape index (κ2) is 6.34. The molecule has 0 radical (unpaired) electrons. The van der Waals surface area contributed by atoms with Crippen LogP contribution in [0.3, 0.4) is 0 Å². The fourth-order valence-electron chi connectivity index (χ4n) is 4.26. The summed E-state index contributed by atoms with van der Waals surface area (Å²) in [4.78, 5) is 0. The zero-order valence-electron chi connectivity index (χ0n) is 17.1. The van der Waals surface area contributed by atoms with Crippen LogP contribution >= 0.6 is 0 Å². The first kappa shape index (κ1) is 17.3. The van der Waals surface area contributed by atoms with Gasteiger partial charge in [-0.25, -0.2) is 0 Å². The SMILES string of the molecule is CC(C)c1ccc2cc3cc4cc5cc(C(C)C)ccc5cc4cc3cc2c1. The van der Waals surface area contributed by atoms with Crippen LogP contribution in [0.2, 0.25) is 0 Å². The Morgan fingerprint density at radius 1 is 0.357 bits per heavy atom. The number of rotatable bonds is 2. The van der Waals surface area contributed by atoms with Crippen LogP contribution in [0.5, 0.6) is 0 Å². The van der Waals surface area contributed by atoms with Gasteiger partial charge < -0.3 is 0 Å². The molecule has 5 aromatic carbocycles. The normalized spacial score (nSPS) is 12.2. The Kier molecular flexibility index (Phi) is 3.91. The van der Waals surface area contributed by atoms with Crippen molar-refractivity contribution in [2.75, 3.05) is 0 Å². The Morgan fingerprint density at radius 2 is 0.643 bits per heavy atom. The topological polar surface area (TPSA) is 0 Å². The molecule has 0 amide bonds. The zero-order chi connectivity index (χ0) is 19.4. The van der Waals surface area contributed by atoms with E-state index in [-0.39, 0.29) is 0 Å². The van der Waals surface area contributed by atoms with Gasteiger partial charge in [-0.3, -0.25) is 0 Å². The molecule has 138 valence electrons. The van der Waals surface area contributed by atoms with Crippen molar-refractivity contribution in [1.29, 1.82) is 0 Å². The van der Waals surface area contributed by atoms with E-state index in [1.54, 1.807) is 0 Å². The molecule has 5 rings (SSSR count). The number of hydrogen-bond acceptors (Lipinski definition) is 0. The van der Waals surface area contributed by atoms with Crippen LogP contribution in [0.4, 0.5) is 0 Å². The molecule has 0 heteroatoms. The standard InChI is InChI=1S/C28H26/c1-17(2)19-5-7-21-11-25-16-28-14-24-10-20(18(3)4)6-8-22(24)12-26(28)15-27(25)13-23(21)9-19/h5-18H,1-4H3. The summed E-state index contributed by atoms with van der Waals surface area (Å²) < 4.78 is 0. The largest absolute Gasteiger partial charge is 0.0587 e. The van der Waals surface area contributed by atoms with E-state index in [0.717, 1.165) is 0 Å². The molecule has 28 heavy (non-hydrogen) atoms. The van der Waals surface area contributed by atoms with Crippen molar-refractivity contribution in [2.24, 2.45) is 0 Å². The van der Waals surface area contributed by atoms with Gasteiger partial charge >= 0.3 is 0 Å². The van der Waals surface area contributed by atoms with E-state index < -0.39 is 0 Å². The lowest BCUT2D eigenvalue weighted by Gasteiger charge is -2.11. The molecule has 0 fully saturated rings. The van der Waals surface area contributed by atoms with Gasteiger partial charge in [0.25, 0.3) is 0 Å². The summed E-state index contributed by atoms with van der Waals surface area (Å²) in [5.74, 6) is 1.11. The fourth-order valence-corrected chi connectivity index (χ4v) is 4.26. The van der Waals surface area contributed by atoms with Crippen molar-refractivity contribution < 1.29 is 0 Å². The molecule has 0 N–H and O–H groups in total. The molecule has 0 aliphatic rings. The van der Waals surface area contributed by atoms with Crippen LogP contribution in [0.25, 0.3) is 43.1 Å². The van der Waals surface area contributed by atoms with Crippen molar-refractivity contribution >= 4 is 43.1 Å². The van der Waals surface area contributed by atoms with Gasteiger partial charge in [-0.1, -0.05) is 64.1 Å². The molecule has 5 aromatic rings. The van der Waals surface area contributed by atoms with Crippen molar-refractivity contribution in [3.8, 4) is 0 Å². The maximum Gasteiger partial charge on any atom is -0.0171 e. The minimum absolute atomic E-state index is 0.554. The molecule has 0 nitrogen and oxygen atoms in total. The van der Waals surface area contributed by atoms with Crippen LogP contribution in [0, 0.1) is 0 Å². The van der Waals surface area contributed by atoms with E-state index in [0.29, 0.717) is 11.8 Å². The van der Waals surface area contributed by atoms with Crippen molar-refractivity contribution in [3.05, 3.63) is 83.9 Å². The van der Waals surface area contributed by atoms with Crippen LogP contribution in [-0.4, -0.2) is 0 Å². The van der Waals surface area contributed by atoms with E-state index in [1.807, 2.05) is 0 Å². The van der Waals surface area contributed by atoms with Gasteiger partial charge in [0, 0.05) is 0 Å². The Balaban J connectivity index is 1.76. The number of fused-ring (bicyclic) bond motifs is 4.